The van der Waals surface area contributed by atoms with Crippen molar-refractivity contribution in [2.45, 2.75) is 69.2 Å². The van der Waals surface area contributed by atoms with Gasteiger partial charge in [-0.05, 0) is 37.5 Å². The standard InChI is InChI=1S/C18H28N2O3S/c1-2-3-7-13-19-24(22,23)17-12-8-9-15(14-17)18(21)20-16-10-5-4-6-11-16/h8-9,12,14,16,19H,2-7,10-11,13H2,1H3,(H,20,21). The van der Waals surface area contributed by atoms with Gasteiger partial charge in [-0.2, -0.15) is 0 Å². The molecule has 1 aromatic carbocycles. The minimum absolute atomic E-state index is 0.148. The van der Waals surface area contributed by atoms with Gasteiger partial charge in [0.05, 0.1) is 4.90 Å². The maximum Gasteiger partial charge on any atom is 0.251 e. The van der Waals surface area contributed by atoms with Gasteiger partial charge in [0.2, 0.25) is 10.0 Å². The van der Waals surface area contributed by atoms with Gasteiger partial charge in [0, 0.05) is 18.2 Å². The summed E-state index contributed by atoms with van der Waals surface area (Å²) in [5, 5.41) is 3.02. The number of unbranched alkanes of at least 4 members (excludes halogenated alkanes) is 2. The summed E-state index contributed by atoms with van der Waals surface area (Å²) in [4.78, 5) is 12.5. The van der Waals surface area contributed by atoms with Crippen molar-refractivity contribution in [3.63, 3.8) is 0 Å². The maximum atomic E-state index is 12.4. The van der Waals surface area contributed by atoms with Crippen molar-refractivity contribution in [1.82, 2.24) is 10.0 Å². The highest BCUT2D eigenvalue weighted by atomic mass is 32.2. The van der Waals surface area contributed by atoms with Crippen molar-refractivity contribution >= 4 is 15.9 Å². The molecule has 0 spiro atoms. The van der Waals surface area contributed by atoms with Crippen molar-refractivity contribution < 1.29 is 13.2 Å². The first-order chi connectivity index (χ1) is 11.5. The van der Waals surface area contributed by atoms with Crippen LogP contribution < -0.4 is 10.0 Å². The van der Waals surface area contributed by atoms with E-state index in [4.69, 9.17) is 0 Å². The Balaban J connectivity index is 2.00. The Bertz CT molecular complexity index is 637. The van der Waals surface area contributed by atoms with E-state index >= 15 is 0 Å². The SMILES string of the molecule is CCCCCNS(=O)(=O)c1cccc(C(=O)NC2CCCCC2)c1. The van der Waals surface area contributed by atoms with E-state index in [2.05, 4.69) is 17.0 Å². The van der Waals surface area contributed by atoms with Gasteiger partial charge >= 0.3 is 0 Å². The van der Waals surface area contributed by atoms with Gasteiger partial charge in [-0.25, -0.2) is 13.1 Å². The summed E-state index contributed by atoms with van der Waals surface area (Å²) in [6, 6.07) is 6.48. The zero-order chi connectivity index (χ0) is 17.4. The van der Waals surface area contributed by atoms with Crippen LogP contribution in [-0.4, -0.2) is 26.9 Å². The van der Waals surface area contributed by atoms with Crippen molar-refractivity contribution in [1.29, 1.82) is 0 Å². The van der Waals surface area contributed by atoms with Gasteiger partial charge in [-0.3, -0.25) is 4.79 Å². The van der Waals surface area contributed by atoms with Crippen LogP contribution in [0.15, 0.2) is 29.2 Å². The Labute approximate surface area is 145 Å². The quantitative estimate of drug-likeness (QED) is 0.705. The number of hydrogen-bond acceptors (Lipinski definition) is 3. The van der Waals surface area contributed by atoms with Gasteiger partial charge in [-0.15, -0.1) is 0 Å². The Morgan fingerprint density at radius 2 is 1.92 bits per heavy atom. The van der Waals surface area contributed by atoms with Gasteiger partial charge in [-0.1, -0.05) is 45.1 Å². The fraction of sp³-hybridized carbons (Fsp3) is 0.611. The number of hydrogen-bond donors (Lipinski definition) is 2. The predicted octanol–water partition coefficient (Wildman–Crippen LogP) is 3.22. The maximum absolute atomic E-state index is 12.4. The van der Waals surface area contributed by atoms with Crippen LogP contribution in [0.5, 0.6) is 0 Å². The first kappa shape index (κ1) is 18.9. The fourth-order valence-electron chi connectivity index (χ4n) is 2.99. The average Bonchev–Trinajstić information content (AvgIpc) is 2.60. The second-order valence-electron chi connectivity index (χ2n) is 6.44. The van der Waals surface area contributed by atoms with Crippen LogP contribution in [-0.2, 0) is 10.0 Å². The van der Waals surface area contributed by atoms with Crippen LogP contribution in [0.25, 0.3) is 0 Å². The summed E-state index contributed by atoms with van der Waals surface area (Å²) in [5.41, 5.74) is 0.400. The van der Waals surface area contributed by atoms with Gasteiger partial charge < -0.3 is 5.32 Å². The summed E-state index contributed by atoms with van der Waals surface area (Å²) in [6.45, 7) is 2.50. The molecule has 0 unspecified atom stereocenters. The lowest BCUT2D eigenvalue weighted by molar-refractivity contribution is 0.0927. The smallest absolute Gasteiger partial charge is 0.251 e. The molecule has 0 saturated heterocycles. The molecule has 1 aromatic rings. The molecule has 0 bridgehead atoms. The van der Waals surface area contributed by atoms with Crippen molar-refractivity contribution in [3.8, 4) is 0 Å². The number of benzene rings is 1. The van der Waals surface area contributed by atoms with E-state index in [1.807, 2.05) is 0 Å². The molecule has 0 aliphatic heterocycles. The summed E-state index contributed by atoms with van der Waals surface area (Å²) >= 11 is 0. The van der Waals surface area contributed by atoms with Gasteiger partial charge in [0.25, 0.3) is 5.91 Å². The topological polar surface area (TPSA) is 75.3 Å². The molecular formula is C18H28N2O3S. The third kappa shape index (κ3) is 5.60. The minimum atomic E-state index is -3.56. The van der Waals surface area contributed by atoms with E-state index in [1.54, 1.807) is 12.1 Å². The molecule has 2 rings (SSSR count). The second-order valence-corrected chi connectivity index (χ2v) is 8.21. The van der Waals surface area contributed by atoms with E-state index in [-0.39, 0.29) is 16.8 Å². The molecule has 0 atom stereocenters. The molecule has 0 radical (unpaired) electrons. The molecule has 0 heterocycles. The molecule has 1 saturated carbocycles. The van der Waals surface area contributed by atoms with Crippen LogP contribution in [0.2, 0.25) is 0 Å². The molecule has 5 nitrogen and oxygen atoms in total. The second kappa shape index (κ2) is 9.18. The molecule has 0 aromatic heterocycles. The van der Waals surface area contributed by atoms with E-state index in [0.717, 1.165) is 44.9 Å². The molecular weight excluding hydrogens is 324 g/mol. The number of nitrogens with one attached hydrogen (secondary N) is 2. The lowest BCUT2D eigenvalue weighted by atomic mass is 9.95. The molecule has 6 heteroatoms. The summed E-state index contributed by atoms with van der Waals surface area (Å²) in [5.74, 6) is -0.190. The third-order valence-corrected chi connectivity index (χ3v) is 5.88. The predicted molar refractivity (Wildman–Crippen MR) is 95.5 cm³/mol. The first-order valence-electron chi connectivity index (χ1n) is 8.93. The van der Waals surface area contributed by atoms with Crippen LogP contribution in [0, 0.1) is 0 Å². The number of rotatable bonds is 8. The van der Waals surface area contributed by atoms with E-state index < -0.39 is 10.0 Å². The van der Waals surface area contributed by atoms with Crippen LogP contribution >= 0.6 is 0 Å². The monoisotopic (exact) mass is 352 g/mol. The molecule has 2 N–H and O–H groups in total. The number of carbonyl (C=O) groups is 1. The van der Waals surface area contributed by atoms with E-state index in [0.29, 0.717) is 12.1 Å². The first-order valence-corrected chi connectivity index (χ1v) is 10.4. The lowest BCUT2D eigenvalue weighted by Gasteiger charge is -2.22. The number of sulfonamides is 1. The molecule has 1 fully saturated rings. The average molecular weight is 353 g/mol. The molecule has 1 aliphatic carbocycles. The van der Waals surface area contributed by atoms with Gasteiger partial charge in [0.1, 0.15) is 0 Å². The normalized spacial score (nSPS) is 16.0. The highest BCUT2D eigenvalue weighted by molar-refractivity contribution is 7.89. The number of carbonyl (C=O) groups excluding carboxylic acids is 1. The Kier molecular flexibility index (Phi) is 7.24. The highest BCUT2D eigenvalue weighted by Gasteiger charge is 2.19. The molecule has 1 amide bonds. The van der Waals surface area contributed by atoms with Crippen molar-refractivity contribution in [3.05, 3.63) is 29.8 Å². The Morgan fingerprint density at radius 3 is 2.62 bits per heavy atom. The van der Waals surface area contributed by atoms with E-state index in [9.17, 15) is 13.2 Å². The molecule has 1 aliphatic rings. The van der Waals surface area contributed by atoms with Crippen molar-refractivity contribution in [2.24, 2.45) is 0 Å². The highest BCUT2D eigenvalue weighted by Crippen LogP contribution is 2.18. The molecule has 134 valence electrons. The third-order valence-electron chi connectivity index (χ3n) is 4.42. The Hall–Kier alpha value is -1.40. The number of amides is 1. The Morgan fingerprint density at radius 1 is 1.17 bits per heavy atom. The van der Waals surface area contributed by atoms with Crippen LogP contribution in [0.3, 0.4) is 0 Å². The summed E-state index contributed by atoms with van der Waals surface area (Å²) in [7, 11) is -3.56. The van der Waals surface area contributed by atoms with Crippen LogP contribution in [0.4, 0.5) is 0 Å². The van der Waals surface area contributed by atoms with E-state index in [1.165, 1.54) is 18.6 Å². The zero-order valence-corrected chi connectivity index (χ0v) is 15.2. The molecule has 24 heavy (non-hydrogen) atoms. The lowest BCUT2D eigenvalue weighted by Crippen LogP contribution is -2.36. The fourth-order valence-corrected chi connectivity index (χ4v) is 4.10. The van der Waals surface area contributed by atoms with Crippen molar-refractivity contribution in [2.75, 3.05) is 6.54 Å². The largest absolute Gasteiger partial charge is 0.349 e. The van der Waals surface area contributed by atoms with Gasteiger partial charge in [0.15, 0.2) is 0 Å². The zero-order valence-electron chi connectivity index (χ0n) is 14.4. The summed E-state index contributed by atoms with van der Waals surface area (Å²) < 4.78 is 27.2. The van der Waals surface area contributed by atoms with Crippen LogP contribution in [0.1, 0.15) is 68.6 Å². The summed E-state index contributed by atoms with van der Waals surface area (Å²) in [6.07, 6.45) is 8.36. The minimum Gasteiger partial charge on any atom is -0.349 e.